The monoisotopic (exact) mass is 327 g/mol. The number of hydrogen-bond donors (Lipinski definition) is 2. The molecule has 2 aliphatic carbocycles. The second-order valence-corrected chi connectivity index (χ2v) is 7.66. The highest BCUT2D eigenvalue weighted by atomic mass is 16.2. The van der Waals surface area contributed by atoms with Crippen LogP contribution in [0.15, 0.2) is 24.3 Å². The van der Waals surface area contributed by atoms with Gasteiger partial charge in [-0.3, -0.25) is 4.79 Å². The van der Waals surface area contributed by atoms with E-state index in [4.69, 9.17) is 0 Å². The Morgan fingerprint density at radius 3 is 3.00 bits per heavy atom. The Hall–Kier alpha value is -1.39. The van der Waals surface area contributed by atoms with Crippen LogP contribution in [0.5, 0.6) is 0 Å². The molecule has 3 aliphatic rings. The summed E-state index contributed by atoms with van der Waals surface area (Å²) < 4.78 is 0. The van der Waals surface area contributed by atoms with Crippen LogP contribution in [0.25, 0.3) is 0 Å². The van der Waals surface area contributed by atoms with Crippen molar-refractivity contribution in [1.29, 1.82) is 0 Å². The molecule has 1 amide bonds. The molecule has 1 aromatic carbocycles. The second-order valence-electron chi connectivity index (χ2n) is 7.66. The largest absolute Gasteiger partial charge is 0.356 e. The van der Waals surface area contributed by atoms with Crippen LogP contribution in [0.4, 0.5) is 0 Å². The molecule has 4 heteroatoms. The van der Waals surface area contributed by atoms with E-state index < -0.39 is 0 Å². The van der Waals surface area contributed by atoms with Gasteiger partial charge in [-0.15, -0.1) is 0 Å². The van der Waals surface area contributed by atoms with Crippen LogP contribution in [0.1, 0.15) is 36.8 Å². The van der Waals surface area contributed by atoms with Gasteiger partial charge in [0, 0.05) is 44.1 Å². The second kappa shape index (κ2) is 6.85. The molecule has 1 heterocycles. The van der Waals surface area contributed by atoms with Crippen LogP contribution in [0, 0.1) is 5.92 Å². The number of nitrogens with one attached hydrogen (secondary N) is 2. The van der Waals surface area contributed by atoms with Crippen LogP contribution in [0.3, 0.4) is 0 Å². The molecule has 2 atom stereocenters. The fourth-order valence-electron chi connectivity index (χ4n) is 4.75. The zero-order valence-corrected chi connectivity index (χ0v) is 14.5. The van der Waals surface area contributed by atoms with Crippen molar-refractivity contribution >= 4 is 5.91 Å². The Kier molecular flexibility index (Phi) is 4.59. The number of carbonyl (C=O) groups is 1. The van der Waals surface area contributed by atoms with Gasteiger partial charge in [0.2, 0.25) is 5.91 Å². The highest BCUT2D eigenvalue weighted by Crippen LogP contribution is 2.60. The topological polar surface area (TPSA) is 44.4 Å². The van der Waals surface area contributed by atoms with Crippen LogP contribution in [-0.2, 0) is 16.6 Å². The number of carbonyl (C=O) groups excluding carboxylic acids is 1. The number of hydrogen-bond acceptors (Lipinski definition) is 3. The molecule has 0 bridgehead atoms. The predicted octanol–water partition coefficient (Wildman–Crippen LogP) is 1.69. The van der Waals surface area contributed by atoms with Crippen molar-refractivity contribution in [2.45, 2.75) is 37.5 Å². The average molecular weight is 327 g/mol. The maximum atomic E-state index is 12.6. The van der Waals surface area contributed by atoms with Crippen molar-refractivity contribution < 1.29 is 4.79 Å². The number of fused-ring (bicyclic) bond motifs is 2. The predicted molar refractivity (Wildman–Crippen MR) is 96.1 cm³/mol. The number of rotatable bonds is 5. The van der Waals surface area contributed by atoms with E-state index in [0.717, 1.165) is 52.1 Å². The summed E-state index contributed by atoms with van der Waals surface area (Å²) in [6.45, 7) is 6.37. The molecular formula is C20H29N3O. The van der Waals surface area contributed by atoms with Crippen LogP contribution in [-0.4, -0.2) is 50.1 Å². The summed E-state index contributed by atoms with van der Waals surface area (Å²) in [4.78, 5) is 15.1. The number of nitrogens with zero attached hydrogens (tertiary/aromatic N) is 1. The summed E-state index contributed by atoms with van der Waals surface area (Å²) in [5, 5.41) is 6.58. The van der Waals surface area contributed by atoms with E-state index in [9.17, 15) is 4.79 Å². The minimum absolute atomic E-state index is 0.164. The van der Waals surface area contributed by atoms with Crippen LogP contribution >= 0.6 is 0 Å². The first-order valence-electron chi connectivity index (χ1n) is 9.59. The number of amides is 1. The van der Waals surface area contributed by atoms with E-state index in [1.807, 2.05) is 0 Å². The Labute approximate surface area is 145 Å². The van der Waals surface area contributed by atoms with Gasteiger partial charge >= 0.3 is 0 Å². The normalized spacial score (nSPS) is 29.2. The SMILES string of the molecule is O=C(NCCCN1CCNCC1)C1CC12CCCc1ccccc12. The molecule has 2 fully saturated rings. The lowest BCUT2D eigenvalue weighted by molar-refractivity contribution is -0.122. The van der Waals surface area contributed by atoms with E-state index in [1.165, 1.54) is 30.4 Å². The van der Waals surface area contributed by atoms with E-state index in [0.29, 0.717) is 0 Å². The highest BCUT2D eigenvalue weighted by Gasteiger charge is 2.59. The lowest BCUT2D eigenvalue weighted by atomic mass is 9.78. The van der Waals surface area contributed by atoms with Crippen molar-refractivity contribution in [3.63, 3.8) is 0 Å². The van der Waals surface area contributed by atoms with Crippen LogP contribution < -0.4 is 10.6 Å². The maximum absolute atomic E-state index is 12.6. The molecule has 4 nitrogen and oxygen atoms in total. The number of piperazine rings is 1. The third kappa shape index (κ3) is 3.09. The molecule has 1 saturated heterocycles. The van der Waals surface area contributed by atoms with E-state index in [2.05, 4.69) is 39.8 Å². The first-order chi connectivity index (χ1) is 11.8. The van der Waals surface area contributed by atoms with Gasteiger partial charge in [0.05, 0.1) is 0 Å². The van der Waals surface area contributed by atoms with Gasteiger partial charge in [0.15, 0.2) is 0 Å². The van der Waals surface area contributed by atoms with E-state index in [1.54, 1.807) is 0 Å². The van der Waals surface area contributed by atoms with Gasteiger partial charge in [-0.05, 0) is 49.8 Å². The molecule has 1 aliphatic heterocycles. The summed E-state index contributed by atoms with van der Waals surface area (Å²) >= 11 is 0. The van der Waals surface area contributed by atoms with Crippen molar-refractivity contribution in [3.8, 4) is 0 Å². The first kappa shape index (κ1) is 16.1. The maximum Gasteiger partial charge on any atom is 0.224 e. The summed E-state index contributed by atoms with van der Waals surface area (Å²) in [5.74, 6) is 0.491. The molecule has 2 N–H and O–H groups in total. The van der Waals surface area contributed by atoms with E-state index in [-0.39, 0.29) is 17.2 Å². The van der Waals surface area contributed by atoms with Crippen molar-refractivity contribution in [2.75, 3.05) is 39.3 Å². The molecule has 24 heavy (non-hydrogen) atoms. The van der Waals surface area contributed by atoms with Gasteiger partial charge in [0.25, 0.3) is 0 Å². The molecule has 130 valence electrons. The zero-order chi connectivity index (χ0) is 16.4. The minimum Gasteiger partial charge on any atom is -0.356 e. The Balaban J connectivity index is 1.27. The summed E-state index contributed by atoms with van der Waals surface area (Å²) in [5.41, 5.74) is 3.09. The highest BCUT2D eigenvalue weighted by molar-refractivity contribution is 5.84. The molecule has 1 saturated carbocycles. The van der Waals surface area contributed by atoms with Crippen molar-refractivity contribution in [2.24, 2.45) is 5.92 Å². The molecule has 1 aromatic rings. The van der Waals surface area contributed by atoms with Gasteiger partial charge in [-0.1, -0.05) is 24.3 Å². The van der Waals surface area contributed by atoms with Gasteiger partial charge in [-0.25, -0.2) is 0 Å². The third-order valence-corrected chi connectivity index (χ3v) is 6.17. The molecular weight excluding hydrogens is 298 g/mol. The van der Waals surface area contributed by atoms with Crippen molar-refractivity contribution in [3.05, 3.63) is 35.4 Å². The van der Waals surface area contributed by atoms with E-state index >= 15 is 0 Å². The average Bonchev–Trinajstić information content (AvgIpc) is 3.35. The standard InChI is InChI=1S/C20H29N3O/c24-19(22-9-4-12-23-13-10-21-11-14-23)18-15-20(18)8-3-6-16-5-1-2-7-17(16)20/h1-2,5,7,18,21H,3-4,6,8-15H2,(H,22,24). The lowest BCUT2D eigenvalue weighted by Gasteiger charge is -2.27. The Morgan fingerprint density at radius 2 is 2.12 bits per heavy atom. The lowest BCUT2D eigenvalue weighted by Crippen LogP contribution is -2.44. The summed E-state index contributed by atoms with van der Waals surface area (Å²) in [6, 6.07) is 8.77. The molecule has 2 unspecified atom stereocenters. The van der Waals surface area contributed by atoms with Gasteiger partial charge in [0.1, 0.15) is 0 Å². The molecule has 0 aromatic heterocycles. The zero-order valence-electron chi connectivity index (χ0n) is 14.5. The molecule has 1 spiro atoms. The first-order valence-corrected chi connectivity index (χ1v) is 9.59. The smallest absolute Gasteiger partial charge is 0.224 e. The van der Waals surface area contributed by atoms with Gasteiger partial charge < -0.3 is 15.5 Å². The Morgan fingerprint density at radius 1 is 1.29 bits per heavy atom. The summed E-state index contributed by atoms with van der Waals surface area (Å²) in [6.07, 6.45) is 5.69. The van der Waals surface area contributed by atoms with Crippen molar-refractivity contribution in [1.82, 2.24) is 15.5 Å². The molecule has 4 rings (SSSR count). The number of aryl methyl sites for hydroxylation is 1. The fourth-order valence-corrected chi connectivity index (χ4v) is 4.75. The quantitative estimate of drug-likeness (QED) is 0.809. The minimum atomic E-state index is 0.164. The van der Waals surface area contributed by atoms with Gasteiger partial charge in [-0.2, -0.15) is 0 Å². The van der Waals surface area contributed by atoms with Crippen LogP contribution in [0.2, 0.25) is 0 Å². The number of benzene rings is 1. The summed E-state index contributed by atoms with van der Waals surface area (Å²) in [7, 11) is 0. The Bertz CT molecular complexity index is 596. The third-order valence-electron chi connectivity index (χ3n) is 6.17. The fraction of sp³-hybridized carbons (Fsp3) is 0.650. The molecule has 0 radical (unpaired) electrons.